The fraction of sp³-hybridized carbons (Fsp3) is 0.278. The summed E-state index contributed by atoms with van der Waals surface area (Å²) in [6.07, 6.45) is 1.71. The molecule has 4 heteroatoms. The summed E-state index contributed by atoms with van der Waals surface area (Å²) < 4.78 is 5.61. The maximum absolute atomic E-state index is 12.1. The first kappa shape index (κ1) is 15.9. The van der Waals surface area contributed by atoms with Gasteiger partial charge in [0.1, 0.15) is 11.5 Å². The van der Waals surface area contributed by atoms with Crippen molar-refractivity contribution >= 4 is 11.6 Å². The molecular formula is C18H21NO3. The summed E-state index contributed by atoms with van der Waals surface area (Å²) in [5.41, 5.74) is 1.45. The summed E-state index contributed by atoms with van der Waals surface area (Å²) in [4.78, 5) is 12.1. The van der Waals surface area contributed by atoms with E-state index in [1.807, 2.05) is 43.3 Å². The highest BCUT2D eigenvalue weighted by Crippen LogP contribution is 2.24. The predicted molar refractivity (Wildman–Crippen MR) is 87.3 cm³/mol. The summed E-state index contributed by atoms with van der Waals surface area (Å²) in [7, 11) is 0. The number of rotatable bonds is 7. The van der Waals surface area contributed by atoms with Crippen LogP contribution in [0.15, 0.2) is 48.5 Å². The summed E-state index contributed by atoms with van der Waals surface area (Å²) >= 11 is 0. The van der Waals surface area contributed by atoms with Gasteiger partial charge in [0, 0.05) is 6.42 Å². The lowest BCUT2D eigenvalue weighted by atomic mass is 10.1. The molecular weight excluding hydrogens is 278 g/mol. The molecule has 1 amide bonds. The number of phenols is 1. The van der Waals surface area contributed by atoms with Crippen LogP contribution in [-0.2, 0) is 11.2 Å². The third-order valence-corrected chi connectivity index (χ3v) is 3.24. The van der Waals surface area contributed by atoms with Crippen LogP contribution in [0.2, 0.25) is 0 Å². The number of amides is 1. The highest BCUT2D eigenvalue weighted by atomic mass is 16.5. The Morgan fingerprint density at radius 3 is 2.64 bits per heavy atom. The molecule has 116 valence electrons. The predicted octanol–water partition coefficient (Wildman–Crippen LogP) is 3.75. The third-order valence-electron chi connectivity index (χ3n) is 3.24. The van der Waals surface area contributed by atoms with Crippen LogP contribution in [0.5, 0.6) is 11.5 Å². The van der Waals surface area contributed by atoms with Gasteiger partial charge in [-0.05, 0) is 36.6 Å². The first-order chi connectivity index (χ1) is 10.7. The first-order valence-corrected chi connectivity index (χ1v) is 7.49. The number of aromatic hydroxyl groups is 1. The highest BCUT2D eigenvalue weighted by molar-refractivity contribution is 5.92. The number of carbonyl (C=O) groups excluding carboxylic acids is 1. The van der Waals surface area contributed by atoms with Crippen molar-refractivity contribution in [3.63, 3.8) is 0 Å². The van der Waals surface area contributed by atoms with Gasteiger partial charge in [-0.15, -0.1) is 0 Å². The fourth-order valence-electron chi connectivity index (χ4n) is 2.09. The summed E-state index contributed by atoms with van der Waals surface area (Å²) in [5.74, 6) is 0.804. The van der Waals surface area contributed by atoms with Crippen molar-refractivity contribution in [2.75, 3.05) is 11.9 Å². The number of nitrogens with one attached hydrogen (secondary N) is 1. The lowest BCUT2D eigenvalue weighted by molar-refractivity contribution is -0.116. The molecule has 0 fully saturated rings. The molecule has 0 aromatic heterocycles. The van der Waals surface area contributed by atoms with Crippen LogP contribution in [-0.4, -0.2) is 17.6 Å². The van der Waals surface area contributed by atoms with E-state index in [0.717, 1.165) is 12.0 Å². The van der Waals surface area contributed by atoms with Crippen molar-refractivity contribution in [1.82, 2.24) is 0 Å². The monoisotopic (exact) mass is 299 g/mol. The van der Waals surface area contributed by atoms with E-state index < -0.39 is 0 Å². The van der Waals surface area contributed by atoms with Crippen molar-refractivity contribution in [3.05, 3.63) is 54.1 Å². The normalized spacial score (nSPS) is 10.2. The average molecular weight is 299 g/mol. The molecule has 2 aromatic carbocycles. The molecule has 4 nitrogen and oxygen atoms in total. The van der Waals surface area contributed by atoms with Gasteiger partial charge in [0.05, 0.1) is 12.3 Å². The minimum atomic E-state index is -0.101. The Bertz CT molecular complexity index is 625. The molecule has 0 aliphatic heterocycles. The Balaban J connectivity index is 1.93. The minimum absolute atomic E-state index is 0.101. The van der Waals surface area contributed by atoms with E-state index in [2.05, 4.69) is 5.32 Å². The van der Waals surface area contributed by atoms with E-state index in [1.165, 1.54) is 0 Å². The molecule has 2 rings (SSSR count). The van der Waals surface area contributed by atoms with Gasteiger partial charge in [0.25, 0.3) is 0 Å². The second-order valence-electron chi connectivity index (χ2n) is 5.02. The Kier molecular flexibility index (Phi) is 5.83. The molecule has 0 heterocycles. The SMILES string of the molecule is CCCOc1ccccc1NC(=O)CCc1ccccc1O. The van der Waals surface area contributed by atoms with Crippen molar-refractivity contribution in [2.45, 2.75) is 26.2 Å². The Morgan fingerprint density at radius 1 is 1.14 bits per heavy atom. The maximum atomic E-state index is 12.1. The van der Waals surface area contributed by atoms with E-state index >= 15 is 0 Å². The van der Waals surface area contributed by atoms with E-state index in [0.29, 0.717) is 30.9 Å². The number of phenolic OH excluding ortho intramolecular Hbond substituents is 1. The number of hydrogen-bond acceptors (Lipinski definition) is 3. The molecule has 2 aromatic rings. The first-order valence-electron chi connectivity index (χ1n) is 7.49. The average Bonchev–Trinajstić information content (AvgIpc) is 2.53. The zero-order valence-corrected chi connectivity index (χ0v) is 12.7. The third kappa shape index (κ3) is 4.52. The van der Waals surface area contributed by atoms with E-state index in [9.17, 15) is 9.90 Å². The van der Waals surface area contributed by atoms with Gasteiger partial charge in [-0.25, -0.2) is 0 Å². The van der Waals surface area contributed by atoms with Crippen LogP contribution in [0.3, 0.4) is 0 Å². The molecule has 22 heavy (non-hydrogen) atoms. The van der Waals surface area contributed by atoms with Crippen LogP contribution < -0.4 is 10.1 Å². The lowest BCUT2D eigenvalue weighted by Gasteiger charge is -2.12. The van der Waals surface area contributed by atoms with Crippen molar-refractivity contribution in [2.24, 2.45) is 0 Å². The Hall–Kier alpha value is -2.49. The topological polar surface area (TPSA) is 58.6 Å². The molecule has 0 radical (unpaired) electrons. The summed E-state index contributed by atoms with van der Waals surface area (Å²) in [6, 6.07) is 14.5. The Labute approximate surface area is 130 Å². The maximum Gasteiger partial charge on any atom is 0.224 e. The summed E-state index contributed by atoms with van der Waals surface area (Å²) in [6.45, 7) is 2.65. The zero-order valence-electron chi connectivity index (χ0n) is 12.7. The molecule has 0 aliphatic carbocycles. The van der Waals surface area contributed by atoms with Gasteiger partial charge >= 0.3 is 0 Å². The number of ether oxygens (including phenoxy) is 1. The quantitative estimate of drug-likeness (QED) is 0.818. The molecule has 2 N–H and O–H groups in total. The van der Waals surface area contributed by atoms with Crippen LogP contribution in [0.1, 0.15) is 25.3 Å². The van der Waals surface area contributed by atoms with Crippen LogP contribution in [0, 0.1) is 0 Å². The van der Waals surface area contributed by atoms with Gasteiger partial charge in [0.15, 0.2) is 0 Å². The number of anilines is 1. The molecule has 0 aliphatic rings. The largest absolute Gasteiger partial charge is 0.508 e. The Morgan fingerprint density at radius 2 is 1.86 bits per heavy atom. The minimum Gasteiger partial charge on any atom is -0.508 e. The van der Waals surface area contributed by atoms with Gasteiger partial charge in [-0.3, -0.25) is 4.79 Å². The highest BCUT2D eigenvalue weighted by Gasteiger charge is 2.09. The smallest absolute Gasteiger partial charge is 0.224 e. The van der Waals surface area contributed by atoms with Crippen LogP contribution >= 0.6 is 0 Å². The standard InChI is InChI=1S/C18H21NO3/c1-2-13-22-17-10-6-4-8-15(17)19-18(21)12-11-14-7-3-5-9-16(14)20/h3-10,20H,2,11-13H2,1H3,(H,19,21). The van der Waals surface area contributed by atoms with Crippen LogP contribution in [0.4, 0.5) is 5.69 Å². The zero-order chi connectivity index (χ0) is 15.8. The van der Waals surface area contributed by atoms with Crippen LogP contribution in [0.25, 0.3) is 0 Å². The second-order valence-corrected chi connectivity index (χ2v) is 5.02. The van der Waals surface area contributed by atoms with Gasteiger partial charge in [-0.1, -0.05) is 37.3 Å². The van der Waals surface area contributed by atoms with Gasteiger partial charge < -0.3 is 15.2 Å². The molecule has 0 unspecified atom stereocenters. The van der Waals surface area contributed by atoms with E-state index in [1.54, 1.807) is 12.1 Å². The molecule has 0 bridgehead atoms. The number of para-hydroxylation sites is 3. The number of carbonyl (C=O) groups is 1. The van der Waals surface area contributed by atoms with E-state index in [4.69, 9.17) is 4.74 Å². The number of benzene rings is 2. The van der Waals surface area contributed by atoms with Gasteiger partial charge in [-0.2, -0.15) is 0 Å². The van der Waals surface area contributed by atoms with Gasteiger partial charge in [0.2, 0.25) is 5.91 Å². The summed E-state index contributed by atoms with van der Waals surface area (Å²) in [5, 5.41) is 12.6. The van der Waals surface area contributed by atoms with Crippen molar-refractivity contribution in [1.29, 1.82) is 0 Å². The van der Waals surface area contributed by atoms with Crippen molar-refractivity contribution in [3.8, 4) is 11.5 Å². The lowest BCUT2D eigenvalue weighted by Crippen LogP contribution is -2.13. The number of hydrogen-bond donors (Lipinski definition) is 2. The fourth-order valence-corrected chi connectivity index (χ4v) is 2.09. The second kappa shape index (κ2) is 8.08. The molecule has 0 saturated carbocycles. The number of aryl methyl sites for hydroxylation is 1. The van der Waals surface area contributed by atoms with E-state index in [-0.39, 0.29) is 11.7 Å². The molecule has 0 spiro atoms. The molecule has 0 saturated heterocycles. The van der Waals surface area contributed by atoms with Crippen molar-refractivity contribution < 1.29 is 14.6 Å². The molecule has 0 atom stereocenters.